The Bertz CT molecular complexity index is 1570. The van der Waals surface area contributed by atoms with E-state index in [0.717, 1.165) is 44.5 Å². The molecule has 3 nitrogen and oxygen atoms in total. The molecule has 0 aliphatic carbocycles. The Hall–Kier alpha value is -3.59. The van der Waals surface area contributed by atoms with E-state index in [2.05, 4.69) is 73.2 Å². The molecule has 36 heavy (non-hydrogen) atoms. The van der Waals surface area contributed by atoms with Crippen molar-refractivity contribution in [2.75, 3.05) is 0 Å². The van der Waals surface area contributed by atoms with Crippen LogP contribution in [0.25, 0.3) is 44.5 Å². The van der Waals surface area contributed by atoms with Crippen LogP contribution in [-0.2, 0) is 20.1 Å². The summed E-state index contributed by atoms with van der Waals surface area (Å²) in [4.78, 5) is 8.71. The minimum Gasteiger partial charge on any atom is -0.501 e. The molecule has 0 saturated heterocycles. The normalized spacial score (nSPS) is 10.7. The minimum atomic E-state index is 0. The van der Waals surface area contributed by atoms with Gasteiger partial charge in [0.15, 0.2) is 0 Å². The average Bonchev–Trinajstić information content (AvgIpc) is 3.28. The number of benzene rings is 3. The number of furan rings is 1. The second-order valence-electron chi connectivity index (χ2n) is 8.82. The van der Waals surface area contributed by atoms with Crippen LogP contribution in [0.1, 0.15) is 30.9 Å². The number of aromatic nitrogens is 2. The molecule has 6 rings (SSSR count). The van der Waals surface area contributed by atoms with Gasteiger partial charge >= 0.3 is 0 Å². The molecule has 0 bridgehead atoms. The van der Waals surface area contributed by atoms with E-state index in [1.165, 1.54) is 11.1 Å². The molecule has 0 aliphatic heterocycles. The van der Waals surface area contributed by atoms with Crippen LogP contribution in [-0.4, -0.2) is 9.97 Å². The zero-order chi connectivity index (χ0) is 24.2. The molecular formula is C32H26IrN2O-2. The van der Waals surface area contributed by atoms with Crippen molar-refractivity contribution in [2.24, 2.45) is 0 Å². The smallest absolute Gasteiger partial charge is 0.121 e. The molecule has 0 saturated carbocycles. The molecule has 0 fully saturated rings. The van der Waals surface area contributed by atoms with Crippen LogP contribution in [0.3, 0.4) is 0 Å². The third-order valence-corrected chi connectivity index (χ3v) is 5.94. The maximum Gasteiger partial charge on any atom is 0.121 e. The number of hydrogen-bond donors (Lipinski definition) is 0. The summed E-state index contributed by atoms with van der Waals surface area (Å²) in [5, 5.41) is 2.25. The van der Waals surface area contributed by atoms with Gasteiger partial charge in [-0.2, -0.15) is 0 Å². The first-order chi connectivity index (χ1) is 17.1. The van der Waals surface area contributed by atoms with Crippen molar-refractivity contribution >= 4 is 21.9 Å². The Morgan fingerprint density at radius 3 is 2.17 bits per heavy atom. The van der Waals surface area contributed by atoms with E-state index in [-0.39, 0.29) is 20.1 Å². The van der Waals surface area contributed by atoms with Gasteiger partial charge in [-0.25, -0.2) is 0 Å². The first kappa shape index (κ1) is 25.5. The minimum absolute atomic E-state index is 0. The van der Waals surface area contributed by atoms with E-state index in [4.69, 9.17) is 4.42 Å². The monoisotopic (exact) mass is 647 g/mol. The van der Waals surface area contributed by atoms with Crippen molar-refractivity contribution in [2.45, 2.75) is 26.7 Å². The zero-order valence-electron chi connectivity index (χ0n) is 20.5. The summed E-state index contributed by atoms with van der Waals surface area (Å²) < 4.78 is 6.05. The molecular weight excluding hydrogens is 621 g/mol. The van der Waals surface area contributed by atoms with Crippen molar-refractivity contribution in [3.63, 3.8) is 0 Å². The largest absolute Gasteiger partial charge is 0.501 e. The number of nitrogens with zero attached hydrogens (tertiary/aromatic N) is 2. The van der Waals surface area contributed by atoms with Gasteiger partial charge in [0.2, 0.25) is 0 Å². The van der Waals surface area contributed by atoms with Gasteiger partial charge in [0, 0.05) is 37.9 Å². The second kappa shape index (κ2) is 11.4. The number of hydrogen-bond acceptors (Lipinski definition) is 3. The van der Waals surface area contributed by atoms with Gasteiger partial charge in [-0.15, -0.1) is 53.6 Å². The molecule has 181 valence electrons. The third-order valence-electron chi connectivity index (χ3n) is 5.94. The molecule has 0 atom stereocenters. The fourth-order valence-corrected chi connectivity index (χ4v) is 4.06. The molecule has 0 spiro atoms. The standard InChI is InChI=1S/C18H12NO.C14H14N.Ir/c1-12-8-9-13-14-5-4-6-15(16-7-2-3-10-19-16)18(14)20-17(13)11-12;1-11(2)12-6-5-7-13(10-12)14-8-3-4-9-15-14;/h2-5,7-11H,1H3;3-6,8-11H,1-2H3;/q2*-1;. The van der Waals surface area contributed by atoms with Gasteiger partial charge in [-0.05, 0) is 48.0 Å². The van der Waals surface area contributed by atoms with Crippen molar-refractivity contribution < 1.29 is 24.5 Å². The summed E-state index contributed by atoms with van der Waals surface area (Å²) in [6, 6.07) is 34.8. The molecule has 3 aromatic heterocycles. The van der Waals surface area contributed by atoms with E-state index < -0.39 is 0 Å². The predicted octanol–water partition coefficient (Wildman–Crippen LogP) is 8.43. The summed E-state index contributed by atoms with van der Waals surface area (Å²) in [6.07, 6.45) is 3.60. The quantitative estimate of drug-likeness (QED) is 0.181. The van der Waals surface area contributed by atoms with Gasteiger partial charge < -0.3 is 14.4 Å². The van der Waals surface area contributed by atoms with Gasteiger partial charge in [-0.1, -0.05) is 61.2 Å². The SMILES string of the molecule is CC(C)c1cc[c-]c(-c2ccccn2)c1.Cc1ccc2c(c1)oc1c(-c3ccccn3)[c-]ccc12.[Ir]. The Balaban J connectivity index is 0.000000172. The number of rotatable bonds is 3. The van der Waals surface area contributed by atoms with E-state index in [0.29, 0.717) is 5.92 Å². The third kappa shape index (κ3) is 5.46. The van der Waals surface area contributed by atoms with Gasteiger partial charge in [-0.3, -0.25) is 0 Å². The zero-order valence-corrected chi connectivity index (χ0v) is 22.8. The van der Waals surface area contributed by atoms with Crippen molar-refractivity contribution in [1.29, 1.82) is 0 Å². The molecule has 0 unspecified atom stereocenters. The molecule has 3 aromatic carbocycles. The fourth-order valence-electron chi connectivity index (χ4n) is 4.06. The first-order valence-electron chi connectivity index (χ1n) is 11.8. The topological polar surface area (TPSA) is 38.9 Å². The summed E-state index contributed by atoms with van der Waals surface area (Å²) in [7, 11) is 0. The maximum atomic E-state index is 6.05. The van der Waals surface area contributed by atoms with Crippen LogP contribution >= 0.6 is 0 Å². The van der Waals surface area contributed by atoms with Crippen molar-refractivity contribution in [3.8, 4) is 22.5 Å². The molecule has 1 radical (unpaired) electrons. The summed E-state index contributed by atoms with van der Waals surface area (Å²) >= 11 is 0. The second-order valence-corrected chi connectivity index (χ2v) is 8.82. The maximum absolute atomic E-state index is 6.05. The van der Waals surface area contributed by atoms with Crippen LogP contribution in [0.5, 0.6) is 0 Å². The van der Waals surface area contributed by atoms with Gasteiger partial charge in [0.1, 0.15) is 5.58 Å². The van der Waals surface area contributed by atoms with Crippen LogP contribution in [0.4, 0.5) is 0 Å². The number of pyridine rings is 2. The summed E-state index contributed by atoms with van der Waals surface area (Å²) in [6.45, 7) is 6.45. The molecule has 0 aliphatic rings. The Morgan fingerprint density at radius 2 is 1.47 bits per heavy atom. The molecule has 6 aromatic rings. The van der Waals surface area contributed by atoms with E-state index in [1.54, 1.807) is 6.20 Å². The summed E-state index contributed by atoms with van der Waals surface area (Å²) in [5.74, 6) is 0.544. The first-order valence-corrected chi connectivity index (χ1v) is 11.8. The van der Waals surface area contributed by atoms with Crippen molar-refractivity contribution in [3.05, 3.63) is 121 Å². The molecule has 4 heteroatoms. The Morgan fingerprint density at radius 1 is 0.750 bits per heavy atom. The number of aryl methyl sites for hydroxylation is 1. The van der Waals surface area contributed by atoms with Crippen LogP contribution < -0.4 is 0 Å². The molecule has 3 heterocycles. The van der Waals surface area contributed by atoms with Crippen molar-refractivity contribution in [1.82, 2.24) is 9.97 Å². The van der Waals surface area contributed by atoms with E-state index in [9.17, 15) is 0 Å². The van der Waals surface area contributed by atoms with Crippen LogP contribution in [0.15, 0.2) is 102 Å². The van der Waals surface area contributed by atoms with Crippen LogP contribution in [0.2, 0.25) is 0 Å². The van der Waals surface area contributed by atoms with Crippen LogP contribution in [0, 0.1) is 19.1 Å². The Labute approximate surface area is 225 Å². The van der Waals surface area contributed by atoms with Gasteiger partial charge in [0.05, 0.1) is 5.58 Å². The Kier molecular flexibility index (Phi) is 8.10. The molecule has 0 amide bonds. The van der Waals surface area contributed by atoms with Gasteiger partial charge in [0.25, 0.3) is 0 Å². The number of fused-ring (bicyclic) bond motifs is 3. The van der Waals surface area contributed by atoms with E-state index >= 15 is 0 Å². The predicted molar refractivity (Wildman–Crippen MR) is 143 cm³/mol. The summed E-state index contributed by atoms with van der Waals surface area (Å²) in [5.41, 5.74) is 8.14. The average molecular weight is 647 g/mol. The fraction of sp³-hybridized carbons (Fsp3) is 0.125. The van der Waals surface area contributed by atoms with E-state index in [1.807, 2.05) is 60.8 Å². The molecule has 0 N–H and O–H groups in total.